The Hall–Kier alpha value is -1.16. The SMILES string of the molecule is CC[C@H](CO)Nc1ccncn1. The molecule has 0 aliphatic rings. The van der Waals surface area contributed by atoms with Crippen molar-refractivity contribution in [2.45, 2.75) is 19.4 Å². The number of anilines is 1. The smallest absolute Gasteiger partial charge is 0.129 e. The summed E-state index contributed by atoms with van der Waals surface area (Å²) in [6.07, 6.45) is 4.02. The first-order valence-corrected chi connectivity index (χ1v) is 4.00. The van der Waals surface area contributed by atoms with E-state index in [1.54, 1.807) is 12.3 Å². The molecule has 0 bridgehead atoms. The Morgan fingerprint density at radius 3 is 3.00 bits per heavy atom. The van der Waals surface area contributed by atoms with Crippen molar-refractivity contribution in [2.24, 2.45) is 0 Å². The third kappa shape index (κ3) is 2.47. The molecule has 1 atom stereocenters. The van der Waals surface area contributed by atoms with Gasteiger partial charge in [0.15, 0.2) is 0 Å². The van der Waals surface area contributed by atoms with Crippen LogP contribution in [-0.2, 0) is 0 Å². The summed E-state index contributed by atoms with van der Waals surface area (Å²) in [7, 11) is 0. The van der Waals surface area contributed by atoms with Crippen LogP contribution in [0.15, 0.2) is 18.6 Å². The Kier molecular flexibility index (Phi) is 3.47. The van der Waals surface area contributed by atoms with Crippen molar-refractivity contribution < 1.29 is 5.11 Å². The van der Waals surface area contributed by atoms with Gasteiger partial charge in [0.05, 0.1) is 12.6 Å². The second-order valence-electron chi connectivity index (χ2n) is 2.53. The van der Waals surface area contributed by atoms with Gasteiger partial charge >= 0.3 is 0 Å². The van der Waals surface area contributed by atoms with Crippen molar-refractivity contribution in [3.8, 4) is 0 Å². The number of hydrogen-bond acceptors (Lipinski definition) is 4. The van der Waals surface area contributed by atoms with Crippen molar-refractivity contribution >= 4 is 5.82 Å². The molecule has 1 aromatic heterocycles. The van der Waals surface area contributed by atoms with E-state index in [2.05, 4.69) is 15.3 Å². The van der Waals surface area contributed by atoms with Crippen molar-refractivity contribution in [1.29, 1.82) is 0 Å². The normalized spacial score (nSPS) is 12.5. The third-order valence-corrected chi connectivity index (χ3v) is 1.65. The van der Waals surface area contributed by atoms with Gasteiger partial charge in [-0.25, -0.2) is 9.97 Å². The van der Waals surface area contributed by atoms with Crippen LogP contribution in [0.25, 0.3) is 0 Å². The summed E-state index contributed by atoms with van der Waals surface area (Å²) in [6, 6.07) is 1.86. The van der Waals surface area contributed by atoms with Gasteiger partial charge in [0.1, 0.15) is 12.1 Å². The van der Waals surface area contributed by atoms with Crippen LogP contribution in [0.1, 0.15) is 13.3 Å². The lowest BCUT2D eigenvalue weighted by atomic mass is 10.2. The van der Waals surface area contributed by atoms with Crippen molar-refractivity contribution in [3.05, 3.63) is 18.6 Å². The van der Waals surface area contributed by atoms with Gasteiger partial charge in [-0.3, -0.25) is 0 Å². The molecule has 0 saturated carbocycles. The van der Waals surface area contributed by atoms with E-state index in [4.69, 9.17) is 5.11 Å². The Bertz CT molecular complexity index is 211. The average Bonchev–Trinajstić information content (AvgIpc) is 2.16. The fourth-order valence-corrected chi connectivity index (χ4v) is 0.862. The van der Waals surface area contributed by atoms with Crippen LogP contribution in [0.2, 0.25) is 0 Å². The summed E-state index contributed by atoms with van der Waals surface area (Å²) in [4.78, 5) is 7.77. The molecule has 4 heteroatoms. The van der Waals surface area contributed by atoms with E-state index in [0.29, 0.717) is 0 Å². The first-order chi connectivity index (χ1) is 5.86. The van der Waals surface area contributed by atoms with E-state index < -0.39 is 0 Å². The predicted molar refractivity (Wildman–Crippen MR) is 46.8 cm³/mol. The molecule has 4 nitrogen and oxygen atoms in total. The second kappa shape index (κ2) is 4.66. The molecule has 0 aliphatic carbocycles. The zero-order valence-corrected chi connectivity index (χ0v) is 7.07. The first-order valence-electron chi connectivity index (χ1n) is 4.00. The molecule has 1 heterocycles. The molecule has 0 aliphatic heterocycles. The highest BCUT2D eigenvalue weighted by atomic mass is 16.3. The van der Waals surface area contributed by atoms with Gasteiger partial charge in [-0.15, -0.1) is 0 Å². The minimum atomic E-state index is 0.0832. The zero-order valence-electron chi connectivity index (χ0n) is 7.07. The highest BCUT2D eigenvalue weighted by molar-refractivity contribution is 5.32. The van der Waals surface area contributed by atoms with Crippen LogP contribution in [0, 0.1) is 0 Å². The third-order valence-electron chi connectivity index (χ3n) is 1.65. The number of nitrogens with one attached hydrogen (secondary N) is 1. The van der Waals surface area contributed by atoms with Gasteiger partial charge < -0.3 is 10.4 Å². The highest BCUT2D eigenvalue weighted by Crippen LogP contribution is 2.02. The highest BCUT2D eigenvalue weighted by Gasteiger charge is 2.03. The fraction of sp³-hybridized carbons (Fsp3) is 0.500. The molecule has 0 aromatic carbocycles. The summed E-state index contributed by atoms with van der Waals surface area (Å²) >= 11 is 0. The number of hydrogen-bond donors (Lipinski definition) is 2. The topological polar surface area (TPSA) is 58.0 Å². The van der Waals surface area contributed by atoms with E-state index in [1.807, 2.05) is 6.92 Å². The van der Waals surface area contributed by atoms with E-state index in [1.165, 1.54) is 6.33 Å². The van der Waals surface area contributed by atoms with Gasteiger partial charge in [-0.2, -0.15) is 0 Å². The molecule has 1 aromatic rings. The van der Waals surface area contributed by atoms with Gasteiger partial charge in [0, 0.05) is 6.20 Å². The van der Waals surface area contributed by atoms with E-state index in [-0.39, 0.29) is 12.6 Å². The van der Waals surface area contributed by atoms with Crippen molar-refractivity contribution in [2.75, 3.05) is 11.9 Å². The van der Waals surface area contributed by atoms with Gasteiger partial charge in [-0.1, -0.05) is 6.92 Å². The Labute approximate surface area is 71.7 Å². The summed E-state index contributed by atoms with van der Waals surface area (Å²) < 4.78 is 0. The van der Waals surface area contributed by atoms with E-state index in [0.717, 1.165) is 12.2 Å². The molecule has 0 amide bonds. The largest absolute Gasteiger partial charge is 0.394 e. The maximum absolute atomic E-state index is 8.88. The summed E-state index contributed by atoms with van der Waals surface area (Å²) in [5.74, 6) is 0.755. The quantitative estimate of drug-likeness (QED) is 0.691. The number of rotatable bonds is 4. The lowest BCUT2D eigenvalue weighted by molar-refractivity contribution is 0.271. The second-order valence-corrected chi connectivity index (χ2v) is 2.53. The molecule has 0 fully saturated rings. The number of aliphatic hydroxyl groups excluding tert-OH is 1. The lowest BCUT2D eigenvalue weighted by Gasteiger charge is -2.13. The Morgan fingerprint density at radius 1 is 1.67 bits per heavy atom. The Morgan fingerprint density at radius 2 is 2.50 bits per heavy atom. The van der Waals surface area contributed by atoms with Crippen LogP contribution in [0.5, 0.6) is 0 Å². The number of nitrogens with zero attached hydrogens (tertiary/aromatic N) is 2. The summed E-state index contributed by atoms with van der Waals surface area (Å²) in [5.41, 5.74) is 0. The van der Waals surface area contributed by atoms with E-state index >= 15 is 0 Å². The van der Waals surface area contributed by atoms with Crippen LogP contribution >= 0.6 is 0 Å². The van der Waals surface area contributed by atoms with Crippen LogP contribution in [0.4, 0.5) is 5.82 Å². The molecule has 0 saturated heterocycles. The van der Waals surface area contributed by atoms with Gasteiger partial charge in [-0.05, 0) is 12.5 Å². The average molecular weight is 167 g/mol. The van der Waals surface area contributed by atoms with Crippen molar-refractivity contribution in [3.63, 3.8) is 0 Å². The number of aromatic nitrogens is 2. The molecular weight excluding hydrogens is 154 g/mol. The lowest BCUT2D eigenvalue weighted by Crippen LogP contribution is -2.23. The van der Waals surface area contributed by atoms with Crippen molar-refractivity contribution in [1.82, 2.24) is 9.97 Å². The first kappa shape index (κ1) is 8.93. The van der Waals surface area contributed by atoms with E-state index in [9.17, 15) is 0 Å². The molecule has 2 N–H and O–H groups in total. The van der Waals surface area contributed by atoms with Gasteiger partial charge in [0.25, 0.3) is 0 Å². The molecule has 66 valence electrons. The zero-order chi connectivity index (χ0) is 8.81. The maximum atomic E-state index is 8.88. The fourth-order valence-electron chi connectivity index (χ4n) is 0.862. The van der Waals surface area contributed by atoms with Crippen LogP contribution < -0.4 is 5.32 Å². The molecule has 1 rings (SSSR count). The van der Waals surface area contributed by atoms with Gasteiger partial charge in [0.2, 0.25) is 0 Å². The molecule has 12 heavy (non-hydrogen) atoms. The minimum Gasteiger partial charge on any atom is -0.394 e. The number of aliphatic hydroxyl groups is 1. The molecule has 0 unspecified atom stereocenters. The van der Waals surface area contributed by atoms with Crippen LogP contribution in [-0.4, -0.2) is 27.7 Å². The minimum absolute atomic E-state index is 0.0832. The van der Waals surface area contributed by atoms with Crippen LogP contribution in [0.3, 0.4) is 0 Å². The summed E-state index contributed by atoms with van der Waals surface area (Å²) in [5, 5.41) is 12.0. The standard InChI is InChI=1S/C8H13N3O/c1-2-7(5-12)11-8-3-4-9-6-10-8/h3-4,6-7,12H,2,5H2,1H3,(H,9,10,11)/t7-/m1/s1. The molecule has 0 radical (unpaired) electrons. The molecular formula is C8H13N3O. The Balaban J connectivity index is 2.51. The monoisotopic (exact) mass is 167 g/mol. The maximum Gasteiger partial charge on any atom is 0.129 e. The predicted octanol–water partition coefficient (Wildman–Crippen LogP) is 0.659. The molecule has 0 spiro atoms. The summed E-state index contributed by atoms with van der Waals surface area (Å²) in [6.45, 7) is 2.13.